The molecule has 0 aliphatic rings. The van der Waals surface area contributed by atoms with Crippen molar-refractivity contribution in [2.24, 2.45) is 0 Å². The third-order valence-corrected chi connectivity index (χ3v) is 4.48. The molecule has 1 N–H and O–H groups in total. The number of hydrogen-bond acceptors (Lipinski definition) is 4. The molecule has 22 heavy (non-hydrogen) atoms. The maximum absolute atomic E-state index is 12.4. The van der Waals surface area contributed by atoms with E-state index in [9.17, 15) is 8.42 Å². The van der Waals surface area contributed by atoms with Crippen LogP contribution in [0.1, 0.15) is 6.92 Å². The SMILES string of the molecule is CCOc1ccc(S(=O)(=O)Nc2ccc3nccn3c2)cc1. The lowest BCUT2D eigenvalue weighted by Crippen LogP contribution is -2.13. The monoisotopic (exact) mass is 317 g/mol. The van der Waals surface area contributed by atoms with E-state index in [0.29, 0.717) is 18.0 Å². The van der Waals surface area contributed by atoms with Crippen LogP contribution in [-0.2, 0) is 10.0 Å². The summed E-state index contributed by atoms with van der Waals surface area (Å²) >= 11 is 0. The molecule has 0 spiro atoms. The lowest BCUT2D eigenvalue weighted by Gasteiger charge is -2.09. The largest absolute Gasteiger partial charge is 0.494 e. The van der Waals surface area contributed by atoms with Gasteiger partial charge in [0.25, 0.3) is 10.0 Å². The minimum absolute atomic E-state index is 0.182. The van der Waals surface area contributed by atoms with Gasteiger partial charge in [0, 0.05) is 18.6 Å². The van der Waals surface area contributed by atoms with Crippen molar-refractivity contribution in [2.75, 3.05) is 11.3 Å². The predicted molar refractivity (Wildman–Crippen MR) is 83.6 cm³/mol. The lowest BCUT2D eigenvalue weighted by atomic mass is 10.3. The Balaban J connectivity index is 1.85. The standard InChI is InChI=1S/C15H15N3O3S/c1-2-21-13-4-6-14(7-5-13)22(19,20)17-12-3-8-15-16-9-10-18(15)11-12/h3-11,17H,2H2,1H3. The molecular weight excluding hydrogens is 302 g/mol. The second-order valence-electron chi connectivity index (χ2n) is 4.62. The van der Waals surface area contributed by atoms with Crippen molar-refractivity contribution < 1.29 is 13.2 Å². The Morgan fingerprint density at radius 3 is 2.68 bits per heavy atom. The summed E-state index contributed by atoms with van der Waals surface area (Å²) in [6.07, 6.45) is 5.08. The molecular formula is C15H15N3O3S. The van der Waals surface area contributed by atoms with Crippen LogP contribution in [0.3, 0.4) is 0 Å². The highest BCUT2D eigenvalue weighted by molar-refractivity contribution is 7.92. The van der Waals surface area contributed by atoms with Gasteiger partial charge in [-0.3, -0.25) is 4.72 Å². The molecule has 6 nitrogen and oxygen atoms in total. The van der Waals surface area contributed by atoms with Gasteiger partial charge in [-0.15, -0.1) is 0 Å². The van der Waals surface area contributed by atoms with Crippen molar-refractivity contribution >= 4 is 21.4 Å². The summed E-state index contributed by atoms with van der Waals surface area (Å²) in [5.74, 6) is 0.640. The van der Waals surface area contributed by atoms with Gasteiger partial charge >= 0.3 is 0 Å². The minimum Gasteiger partial charge on any atom is -0.494 e. The fourth-order valence-electron chi connectivity index (χ4n) is 2.08. The van der Waals surface area contributed by atoms with E-state index in [1.54, 1.807) is 47.3 Å². The number of ether oxygens (including phenoxy) is 1. The first-order valence-electron chi connectivity index (χ1n) is 6.77. The fourth-order valence-corrected chi connectivity index (χ4v) is 3.12. The molecule has 2 aromatic heterocycles. The molecule has 0 amide bonds. The maximum atomic E-state index is 12.4. The average Bonchev–Trinajstić information content (AvgIpc) is 2.95. The molecule has 2 heterocycles. The topological polar surface area (TPSA) is 72.7 Å². The van der Waals surface area contributed by atoms with E-state index in [1.165, 1.54) is 12.1 Å². The van der Waals surface area contributed by atoms with Crippen LogP contribution in [0, 0.1) is 0 Å². The molecule has 0 unspecified atom stereocenters. The Labute approximate surface area is 128 Å². The first kappa shape index (κ1) is 14.4. The average molecular weight is 317 g/mol. The molecule has 0 saturated carbocycles. The van der Waals surface area contributed by atoms with E-state index in [2.05, 4.69) is 9.71 Å². The number of anilines is 1. The molecule has 114 valence electrons. The van der Waals surface area contributed by atoms with E-state index < -0.39 is 10.0 Å². The van der Waals surface area contributed by atoms with Crippen LogP contribution in [0.15, 0.2) is 59.9 Å². The number of pyridine rings is 1. The van der Waals surface area contributed by atoms with Crippen molar-refractivity contribution in [1.82, 2.24) is 9.38 Å². The number of hydrogen-bond donors (Lipinski definition) is 1. The predicted octanol–water partition coefficient (Wildman–Crippen LogP) is 2.53. The van der Waals surface area contributed by atoms with E-state index in [-0.39, 0.29) is 4.90 Å². The third-order valence-electron chi connectivity index (χ3n) is 3.09. The Bertz CT molecular complexity index is 886. The number of nitrogens with one attached hydrogen (secondary N) is 1. The number of imidazole rings is 1. The fraction of sp³-hybridized carbons (Fsp3) is 0.133. The number of sulfonamides is 1. The first-order valence-corrected chi connectivity index (χ1v) is 8.25. The second-order valence-corrected chi connectivity index (χ2v) is 6.30. The van der Waals surface area contributed by atoms with Gasteiger partial charge in [-0.05, 0) is 43.3 Å². The number of fused-ring (bicyclic) bond motifs is 1. The molecule has 0 radical (unpaired) electrons. The van der Waals surface area contributed by atoms with Crippen molar-refractivity contribution in [3.05, 3.63) is 55.0 Å². The highest BCUT2D eigenvalue weighted by Gasteiger charge is 2.14. The van der Waals surface area contributed by atoms with Crippen LogP contribution in [0.2, 0.25) is 0 Å². The zero-order chi connectivity index (χ0) is 15.6. The highest BCUT2D eigenvalue weighted by Crippen LogP contribution is 2.19. The number of nitrogens with zero attached hydrogens (tertiary/aromatic N) is 2. The summed E-state index contributed by atoms with van der Waals surface area (Å²) in [5.41, 5.74) is 1.23. The van der Waals surface area contributed by atoms with Crippen LogP contribution in [-0.4, -0.2) is 24.4 Å². The Morgan fingerprint density at radius 2 is 1.95 bits per heavy atom. The lowest BCUT2D eigenvalue weighted by molar-refractivity contribution is 0.340. The highest BCUT2D eigenvalue weighted by atomic mass is 32.2. The Kier molecular flexibility index (Phi) is 3.72. The Hall–Kier alpha value is -2.54. The zero-order valence-electron chi connectivity index (χ0n) is 11.9. The molecule has 1 aromatic carbocycles. The number of rotatable bonds is 5. The van der Waals surface area contributed by atoms with Crippen molar-refractivity contribution in [3.8, 4) is 5.75 Å². The smallest absolute Gasteiger partial charge is 0.261 e. The second kappa shape index (κ2) is 5.69. The van der Waals surface area contributed by atoms with Gasteiger partial charge in [-0.25, -0.2) is 13.4 Å². The number of benzene rings is 1. The normalized spacial score (nSPS) is 11.5. The third kappa shape index (κ3) is 2.89. The molecule has 0 saturated heterocycles. The van der Waals surface area contributed by atoms with Gasteiger partial charge in [0.2, 0.25) is 0 Å². The first-order chi connectivity index (χ1) is 10.6. The summed E-state index contributed by atoms with van der Waals surface area (Å²) < 4.78 is 34.3. The van der Waals surface area contributed by atoms with Gasteiger partial charge < -0.3 is 9.14 Å². The van der Waals surface area contributed by atoms with Crippen LogP contribution in [0.4, 0.5) is 5.69 Å². The van der Waals surface area contributed by atoms with Crippen LogP contribution >= 0.6 is 0 Å². The quantitative estimate of drug-likeness (QED) is 0.785. The van der Waals surface area contributed by atoms with Crippen molar-refractivity contribution in [3.63, 3.8) is 0 Å². The summed E-state index contributed by atoms with van der Waals surface area (Å²) in [5, 5.41) is 0. The van der Waals surface area contributed by atoms with E-state index in [0.717, 1.165) is 5.65 Å². The number of aromatic nitrogens is 2. The Morgan fingerprint density at radius 1 is 1.18 bits per heavy atom. The van der Waals surface area contributed by atoms with E-state index in [4.69, 9.17) is 4.74 Å². The van der Waals surface area contributed by atoms with Gasteiger partial charge in [0.1, 0.15) is 11.4 Å². The zero-order valence-corrected chi connectivity index (χ0v) is 12.7. The molecule has 3 aromatic rings. The molecule has 7 heteroatoms. The van der Waals surface area contributed by atoms with Crippen LogP contribution in [0.25, 0.3) is 5.65 Å². The van der Waals surface area contributed by atoms with E-state index in [1.807, 2.05) is 6.92 Å². The summed E-state index contributed by atoms with van der Waals surface area (Å²) in [6.45, 7) is 2.41. The molecule has 0 aliphatic carbocycles. The van der Waals surface area contributed by atoms with Crippen molar-refractivity contribution in [1.29, 1.82) is 0 Å². The van der Waals surface area contributed by atoms with Crippen LogP contribution in [0.5, 0.6) is 5.75 Å². The van der Waals surface area contributed by atoms with Gasteiger partial charge in [-0.2, -0.15) is 0 Å². The molecule has 0 atom stereocenters. The minimum atomic E-state index is -3.64. The maximum Gasteiger partial charge on any atom is 0.261 e. The molecule has 0 aliphatic heterocycles. The molecule has 3 rings (SSSR count). The van der Waals surface area contributed by atoms with E-state index >= 15 is 0 Å². The summed E-state index contributed by atoms with van der Waals surface area (Å²) in [4.78, 5) is 4.30. The summed E-state index contributed by atoms with van der Waals surface area (Å²) in [6, 6.07) is 9.73. The van der Waals surface area contributed by atoms with Gasteiger partial charge in [0.05, 0.1) is 17.2 Å². The van der Waals surface area contributed by atoms with Gasteiger partial charge in [-0.1, -0.05) is 0 Å². The van der Waals surface area contributed by atoms with Crippen LogP contribution < -0.4 is 9.46 Å². The van der Waals surface area contributed by atoms with Gasteiger partial charge in [0.15, 0.2) is 0 Å². The summed E-state index contributed by atoms with van der Waals surface area (Å²) in [7, 11) is -3.64. The van der Waals surface area contributed by atoms with Crippen molar-refractivity contribution in [2.45, 2.75) is 11.8 Å². The molecule has 0 fully saturated rings. The molecule has 0 bridgehead atoms.